The van der Waals surface area contributed by atoms with Gasteiger partial charge in [0.15, 0.2) is 0 Å². The lowest BCUT2D eigenvalue weighted by Crippen LogP contribution is -2.45. The highest BCUT2D eigenvalue weighted by Gasteiger charge is 2.27. The maximum atomic E-state index is 12.9. The van der Waals surface area contributed by atoms with Gasteiger partial charge in [-0.1, -0.05) is 192 Å². The van der Waals surface area contributed by atoms with Gasteiger partial charge in [0.2, 0.25) is 5.91 Å². The number of allylic oxidation sites excluding steroid dienone is 5. The zero-order valence-electron chi connectivity index (χ0n) is 38.1. The molecule has 0 aliphatic carbocycles. The Hall–Kier alpha value is -1.28. The minimum absolute atomic E-state index is 0.0606. The van der Waals surface area contributed by atoms with Crippen molar-refractivity contribution in [2.45, 2.75) is 225 Å². The Morgan fingerprint density at radius 3 is 1.44 bits per heavy atom. The van der Waals surface area contributed by atoms with E-state index in [1.807, 2.05) is 27.2 Å². The first-order valence-corrected chi connectivity index (χ1v) is 25.4. The second-order valence-electron chi connectivity index (χ2n) is 17.5. The molecule has 336 valence electrons. The Morgan fingerprint density at radius 2 is 1.00 bits per heavy atom. The number of aliphatic hydroxyl groups excluding tert-OH is 1. The van der Waals surface area contributed by atoms with E-state index in [2.05, 4.69) is 43.5 Å². The van der Waals surface area contributed by atoms with Gasteiger partial charge >= 0.3 is 7.82 Å². The maximum Gasteiger partial charge on any atom is 0.472 e. The molecule has 1 amide bonds. The number of likely N-dealkylation sites (N-methyl/N-ethyl adjacent to an activating group) is 1. The molecule has 0 aromatic heterocycles. The van der Waals surface area contributed by atoms with E-state index in [4.69, 9.17) is 9.05 Å². The number of nitrogens with one attached hydrogen (secondary N) is 1. The minimum Gasteiger partial charge on any atom is -0.387 e. The number of hydrogen-bond donors (Lipinski definition) is 3. The third kappa shape index (κ3) is 42.6. The quantitative estimate of drug-likeness (QED) is 0.0245. The lowest BCUT2D eigenvalue weighted by Gasteiger charge is -2.25. The molecule has 0 aliphatic rings. The number of nitrogens with zero attached hydrogens (tertiary/aromatic N) is 1. The smallest absolute Gasteiger partial charge is 0.387 e. The number of amides is 1. The highest BCUT2D eigenvalue weighted by atomic mass is 31.2. The van der Waals surface area contributed by atoms with Crippen LogP contribution < -0.4 is 5.32 Å². The van der Waals surface area contributed by atoms with Crippen molar-refractivity contribution >= 4 is 13.7 Å². The van der Waals surface area contributed by atoms with E-state index in [1.165, 1.54) is 148 Å². The predicted molar refractivity (Wildman–Crippen MR) is 244 cm³/mol. The van der Waals surface area contributed by atoms with Crippen LogP contribution in [0.4, 0.5) is 0 Å². The van der Waals surface area contributed by atoms with Gasteiger partial charge in [-0.05, 0) is 51.4 Å². The summed E-state index contributed by atoms with van der Waals surface area (Å²) >= 11 is 0. The van der Waals surface area contributed by atoms with Gasteiger partial charge in [-0.15, -0.1) is 0 Å². The van der Waals surface area contributed by atoms with Crippen LogP contribution in [-0.4, -0.2) is 73.4 Å². The normalized spacial score (nSPS) is 14.6. The molecule has 0 bridgehead atoms. The average Bonchev–Trinajstić information content (AvgIpc) is 3.16. The summed E-state index contributed by atoms with van der Waals surface area (Å²) < 4.78 is 23.6. The molecule has 0 heterocycles. The summed E-state index contributed by atoms with van der Waals surface area (Å²) in [7, 11) is 1.57. The highest BCUT2D eigenvalue weighted by molar-refractivity contribution is 7.47. The van der Waals surface area contributed by atoms with Gasteiger partial charge < -0.3 is 19.8 Å². The number of phosphoric ester groups is 1. The first-order valence-electron chi connectivity index (χ1n) is 23.9. The lowest BCUT2D eigenvalue weighted by molar-refractivity contribution is -0.870. The van der Waals surface area contributed by atoms with E-state index < -0.39 is 20.0 Å². The molecular weight excluding hydrogens is 732 g/mol. The molecule has 3 unspecified atom stereocenters. The molecule has 0 aromatic carbocycles. The second-order valence-corrected chi connectivity index (χ2v) is 18.9. The van der Waals surface area contributed by atoms with Gasteiger partial charge in [-0.3, -0.25) is 13.8 Å². The van der Waals surface area contributed by atoms with Crippen LogP contribution in [0.2, 0.25) is 0 Å². The van der Waals surface area contributed by atoms with Crippen molar-refractivity contribution < 1.29 is 32.9 Å². The zero-order valence-corrected chi connectivity index (χ0v) is 39.0. The minimum atomic E-state index is -4.34. The summed E-state index contributed by atoms with van der Waals surface area (Å²) in [6, 6.07) is -0.847. The molecule has 0 saturated carbocycles. The number of quaternary nitrogens is 1. The fourth-order valence-corrected chi connectivity index (χ4v) is 7.51. The van der Waals surface area contributed by atoms with Crippen molar-refractivity contribution in [3.63, 3.8) is 0 Å². The van der Waals surface area contributed by atoms with Crippen LogP contribution in [0.5, 0.6) is 0 Å². The number of hydrogen-bond acceptors (Lipinski definition) is 5. The third-order valence-electron chi connectivity index (χ3n) is 10.6. The fourth-order valence-electron chi connectivity index (χ4n) is 6.78. The standard InChI is InChI=1S/C48H93N2O6P/c1-6-8-10-12-14-16-18-20-22-23-24-25-26-27-28-30-32-34-36-38-40-42-48(52)49-46(45-56-57(53,54)55-44-43-50(3,4)5)47(51)41-39-37-35-33-31-29-21-19-17-15-13-11-9-7-2/h18,20,23-24,39,41,46-47,51H,6-17,19,21-22,25-38,40,42-45H2,1-5H3,(H-,49,52,53,54)/p+1/b20-18-,24-23-,41-39+. The number of aliphatic hydroxyl groups is 1. The molecule has 9 heteroatoms. The lowest BCUT2D eigenvalue weighted by atomic mass is 10.0. The van der Waals surface area contributed by atoms with E-state index in [0.717, 1.165) is 44.9 Å². The van der Waals surface area contributed by atoms with Crippen molar-refractivity contribution in [3.8, 4) is 0 Å². The van der Waals surface area contributed by atoms with Gasteiger partial charge in [-0.2, -0.15) is 0 Å². The van der Waals surface area contributed by atoms with Crippen LogP contribution in [-0.2, 0) is 18.4 Å². The Balaban J connectivity index is 4.34. The SMILES string of the molecule is CCCCCCC/C=C\C/C=C\CCCCCCCCCCCC(=O)NC(COP(=O)(O)OCC[N+](C)(C)C)C(O)/C=C/CCCCCCCCCCCCCC. The van der Waals surface area contributed by atoms with Gasteiger partial charge in [-0.25, -0.2) is 4.57 Å². The van der Waals surface area contributed by atoms with Crippen LogP contribution in [0, 0.1) is 0 Å². The summed E-state index contributed by atoms with van der Waals surface area (Å²) in [4.78, 5) is 23.2. The van der Waals surface area contributed by atoms with Crippen molar-refractivity contribution in [3.05, 3.63) is 36.5 Å². The van der Waals surface area contributed by atoms with E-state index >= 15 is 0 Å². The molecule has 0 radical (unpaired) electrons. The van der Waals surface area contributed by atoms with Gasteiger partial charge in [0.05, 0.1) is 39.9 Å². The summed E-state index contributed by atoms with van der Waals surface area (Å²) in [6.45, 7) is 4.80. The first kappa shape index (κ1) is 55.7. The van der Waals surface area contributed by atoms with E-state index in [0.29, 0.717) is 17.4 Å². The molecule has 57 heavy (non-hydrogen) atoms. The molecule has 8 nitrogen and oxygen atoms in total. The van der Waals surface area contributed by atoms with Gasteiger partial charge in [0, 0.05) is 6.42 Å². The fraction of sp³-hybridized carbons (Fsp3) is 0.854. The van der Waals surface area contributed by atoms with Crippen LogP contribution >= 0.6 is 7.82 Å². The Kier molecular flexibility index (Phi) is 39.2. The van der Waals surface area contributed by atoms with E-state index in [9.17, 15) is 19.4 Å². The van der Waals surface area contributed by atoms with Gasteiger partial charge in [0.25, 0.3) is 0 Å². The third-order valence-corrected chi connectivity index (χ3v) is 11.6. The number of rotatable bonds is 43. The molecule has 0 aromatic rings. The topological polar surface area (TPSA) is 105 Å². The zero-order chi connectivity index (χ0) is 42.1. The number of carbonyl (C=O) groups excluding carboxylic acids is 1. The number of phosphoric acid groups is 1. The van der Waals surface area contributed by atoms with Crippen LogP contribution in [0.3, 0.4) is 0 Å². The largest absolute Gasteiger partial charge is 0.472 e. The Labute approximate surface area is 353 Å². The Morgan fingerprint density at radius 1 is 0.596 bits per heavy atom. The molecule has 0 saturated heterocycles. The van der Waals surface area contributed by atoms with E-state index in [1.54, 1.807) is 6.08 Å². The highest BCUT2D eigenvalue weighted by Crippen LogP contribution is 2.43. The monoisotopic (exact) mass is 826 g/mol. The summed E-state index contributed by atoms with van der Waals surface area (Å²) in [5, 5.41) is 13.8. The van der Waals surface area contributed by atoms with Crippen molar-refractivity contribution in [1.29, 1.82) is 0 Å². The number of unbranched alkanes of at least 4 members (excludes halogenated alkanes) is 26. The molecule has 0 rings (SSSR count). The molecule has 3 atom stereocenters. The van der Waals surface area contributed by atoms with E-state index in [-0.39, 0.29) is 19.1 Å². The van der Waals surface area contributed by atoms with Crippen LogP contribution in [0.1, 0.15) is 213 Å². The van der Waals surface area contributed by atoms with Crippen molar-refractivity contribution in [2.24, 2.45) is 0 Å². The van der Waals surface area contributed by atoms with Crippen LogP contribution in [0.25, 0.3) is 0 Å². The molecular formula is C48H94N2O6P+. The summed E-state index contributed by atoms with van der Waals surface area (Å²) in [6.07, 6.45) is 49.2. The first-order chi connectivity index (χ1) is 27.5. The Bertz CT molecular complexity index is 1030. The maximum absolute atomic E-state index is 12.9. The van der Waals surface area contributed by atoms with Crippen LogP contribution in [0.15, 0.2) is 36.5 Å². The predicted octanol–water partition coefficient (Wildman–Crippen LogP) is 13.5. The molecule has 0 fully saturated rings. The van der Waals surface area contributed by atoms with Crippen molar-refractivity contribution in [2.75, 3.05) is 40.9 Å². The summed E-state index contributed by atoms with van der Waals surface area (Å²) in [5.74, 6) is -0.182. The molecule has 0 aliphatic heterocycles. The second kappa shape index (κ2) is 40.1. The summed E-state index contributed by atoms with van der Waals surface area (Å²) in [5.41, 5.74) is 0. The van der Waals surface area contributed by atoms with Gasteiger partial charge in [0.1, 0.15) is 13.2 Å². The molecule has 0 spiro atoms. The average molecular weight is 826 g/mol. The molecule has 3 N–H and O–H groups in total. The number of carbonyl (C=O) groups is 1. The van der Waals surface area contributed by atoms with Crippen molar-refractivity contribution in [1.82, 2.24) is 5.32 Å².